The van der Waals surface area contributed by atoms with Crippen LogP contribution < -0.4 is 10.2 Å². The molecule has 1 aromatic rings. The number of para-hydroxylation sites is 1. The molecule has 3 aliphatic rings. The number of nitrogens with one attached hydrogen (secondary N) is 1. The Kier molecular flexibility index (Phi) is 4.81. The molecule has 0 bridgehead atoms. The third-order valence-corrected chi connectivity index (χ3v) is 6.37. The molecule has 0 atom stereocenters. The number of rotatable bonds is 5. The first kappa shape index (κ1) is 17.4. The number of hydrogen-bond donors (Lipinski definition) is 1. The Morgan fingerprint density at radius 1 is 1.04 bits per heavy atom. The number of ether oxygens (including phenoxy) is 1. The molecule has 1 N–H and O–H groups in total. The van der Waals surface area contributed by atoms with Crippen LogP contribution in [0, 0.1) is 5.92 Å². The van der Waals surface area contributed by atoms with Crippen LogP contribution in [0.1, 0.15) is 58.8 Å². The molecule has 2 saturated carbocycles. The molecule has 1 aliphatic heterocycles. The van der Waals surface area contributed by atoms with Crippen LogP contribution in [-0.2, 0) is 4.74 Å². The van der Waals surface area contributed by atoms with Crippen molar-refractivity contribution >= 4 is 5.69 Å². The zero-order valence-electron chi connectivity index (χ0n) is 16.0. The lowest BCUT2D eigenvalue weighted by molar-refractivity contribution is -0.140. The molecule has 2 aliphatic carbocycles. The SMILES string of the molecule is CC(C)CCNC1CCC2(CC1)CN(c1ccccc1)CC1(CC1)O2. The maximum Gasteiger partial charge on any atom is 0.0867 e. The third-order valence-electron chi connectivity index (χ3n) is 6.37. The van der Waals surface area contributed by atoms with Gasteiger partial charge in [-0.3, -0.25) is 0 Å². The fraction of sp³-hybridized carbons (Fsp3) is 0.727. The van der Waals surface area contributed by atoms with Crippen molar-refractivity contribution in [1.82, 2.24) is 5.32 Å². The number of hydrogen-bond acceptors (Lipinski definition) is 3. The molecule has 2 spiro atoms. The van der Waals surface area contributed by atoms with E-state index in [1.54, 1.807) is 0 Å². The van der Waals surface area contributed by atoms with Crippen LogP contribution in [0.5, 0.6) is 0 Å². The zero-order valence-corrected chi connectivity index (χ0v) is 16.0. The van der Waals surface area contributed by atoms with Crippen LogP contribution in [-0.4, -0.2) is 36.9 Å². The quantitative estimate of drug-likeness (QED) is 0.860. The molecule has 0 aromatic heterocycles. The highest BCUT2D eigenvalue weighted by Gasteiger charge is 2.55. The molecule has 3 nitrogen and oxygen atoms in total. The van der Waals surface area contributed by atoms with Crippen molar-refractivity contribution in [1.29, 1.82) is 0 Å². The van der Waals surface area contributed by atoms with Crippen molar-refractivity contribution in [3.05, 3.63) is 30.3 Å². The van der Waals surface area contributed by atoms with Crippen molar-refractivity contribution in [2.24, 2.45) is 5.92 Å². The molecular weight excluding hydrogens is 308 g/mol. The Hall–Kier alpha value is -1.06. The van der Waals surface area contributed by atoms with Crippen LogP contribution in [0.3, 0.4) is 0 Å². The summed E-state index contributed by atoms with van der Waals surface area (Å²) in [5.74, 6) is 0.790. The summed E-state index contributed by atoms with van der Waals surface area (Å²) in [5, 5.41) is 3.79. The van der Waals surface area contributed by atoms with Gasteiger partial charge in [-0.25, -0.2) is 0 Å². The molecular formula is C22H34N2O. The maximum absolute atomic E-state index is 6.79. The standard InChI is InChI=1S/C22H34N2O/c1-18(2)10-15-23-19-8-11-21(12-9-19)16-24(17-22(25-21)13-14-22)20-6-4-3-5-7-20/h3-7,18-19,23H,8-17H2,1-2H3. The minimum absolute atomic E-state index is 0.0841. The van der Waals surface area contributed by atoms with Crippen LogP contribution >= 0.6 is 0 Å². The number of anilines is 1. The van der Waals surface area contributed by atoms with E-state index in [-0.39, 0.29) is 11.2 Å². The van der Waals surface area contributed by atoms with Gasteiger partial charge in [-0.15, -0.1) is 0 Å². The molecule has 0 amide bonds. The van der Waals surface area contributed by atoms with Gasteiger partial charge in [-0.05, 0) is 69.5 Å². The average molecular weight is 343 g/mol. The Bertz CT molecular complexity index is 559. The van der Waals surface area contributed by atoms with Gasteiger partial charge in [0, 0.05) is 24.8 Å². The first-order valence-corrected chi connectivity index (χ1v) is 10.3. The first-order valence-electron chi connectivity index (χ1n) is 10.3. The number of morpholine rings is 1. The molecule has 1 aromatic carbocycles. The normalized spacial score (nSPS) is 31.0. The summed E-state index contributed by atoms with van der Waals surface area (Å²) in [6.07, 6.45) is 8.70. The molecule has 3 heteroatoms. The molecule has 0 radical (unpaired) electrons. The fourth-order valence-electron chi connectivity index (χ4n) is 4.68. The van der Waals surface area contributed by atoms with E-state index in [1.807, 2.05) is 0 Å². The third kappa shape index (κ3) is 4.03. The number of benzene rings is 1. The van der Waals surface area contributed by atoms with E-state index in [0.717, 1.165) is 25.6 Å². The van der Waals surface area contributed by atoms with E-state index in [1.165, 1.54) is 50.6 Å². The summed E-state index contributed by atoms with van der Waals surface area (Å²) >= 11 is 0. The second kappa shape index (κ2) is 6.92. The molecule has 1 saturated heterocycles. The lowest BCUT2D eigenvalue weighted by atomic mass is 9.80. The van der Waals surface area contributed by atoms with E-state index in [4.69, 9.17) is 4.74 Å². The smallest absolute Gasteiger partial charge is 0.0867 e. The first-order chi connectivity index (χ1) is 12.1. The lowest BCUT2D eigenvalue weighted by Crippen LogP contribution is -2.59. The fourth-order valence-corrected chi connectivity index (χ4v) is 4.68. The molecule has 25 heavy (non-hydrogen) atoms. The van der Waals surface area contributed by atoms with E-state index in [9.17, 15) is 0 Å². The Labute approximate surface area is 153 Å². The largest absolute Gasteiger partial charge is 0.366 e. The highest BCUT2D eigenvalue weighted by Crippen LogP contribution is 2.50. The Morgan fingerprint density at radius 3 is 2.28 bits per heavy atom. The summed E-state index contributed by atoms with van der Waals surface area (Å²) in [5.41, 5.74) is 1.61. The second-order valence-electron chi connectivity index (χ2n) is 9.07. The van der Waals surface area contributed by atoms with Crippen LogP contribution in [0.4, 0.5) is 5.69 Å². The van der Waals surface area contributed by atoms with Crippen LogP contribution in [0.25, 0.3) is 0 Å². The van der Waals surface area contributed by atoms with Crippen molar-refractivity contribution in [2.45, 2.75) is 76.0 Å². The zero-order chi connectivity index (χ0) is 17.3. The van der Waals surface area contributed by atoms with Gasteiger partial charge in [0.15, 0.2) is 0 Å². The van der Waals surface area contributed by atoms with Crippen LogP contribution in [0.2, 0.25) is 0 Å². The number of nitrogens with zero attached hydrogens (tertiary/aromatic N) is 1. The van der Waals surface area contributed by atoms with Gasteiger partial charge in [-0.1, -0.05) is 32.0 Å². The summed E-state index contributed by atoms with van der Waals surface area (Å²) in [4.78, 5) is 2.60. The van der Waals surface area contributed by atoms with Crippen molar-refractivity contribution < 1.29 is 4.74 Å². The molecule has 0 unspecified atom stereocenters. The monoisotopic (exact) mass is 342 g/mol. The van der Waals surface area contributed by atoms with Gasteiger partial charge in [-0.2, -0.15) is 0 Å². The predicted octanol–water partition coefficient (Wildman–Crippen LogP) is 4.37. The molecule has 138 valence electrons. The lowest BCUT2D eigenvalue weighted by Gasteiger charge is -2.51. The average Bonchev–Trinajstić information content (AvgIpc) is 3.35. The highest BCUT2D eigenvalue weighted by atomic mass is 16.5. The van der Waals surface area contributed by atoms with Crippen LogP contribution in [0.15, 0.2) is 30.3 Å². The highest BCUT2D eigenvalue weighted by molar-refractivity contribution is 5.48. The van der Waals surface area contributed by atoms with Gasteiger partial charge < -0.3 is 15.0 Å². The Morgan fingerprint density at radius 2 is 1.68 bits per heavy atom. The van der Waals surface area contributed by atoms with Gasteiger partial charge in [0.25, 0.3) is 0 Å². The van der Waals surface area contributed by atoms with Gasteiger partial charge in [0.05, 0.1) is 11.2 Å². The van der Waals surface area contributed by atoms with Gasteiger partial charge in [0.2, 0.25) is 0 Å². The summed E-state index contributed by atoms with van der Waals surface area (Å²) in [7, 11) is 0. The Balaban J connectivity index is 1.38. The van der Waals surface area contributed by atoms with Crippen molar-refractivity contribution in [2.75, 3.05) is 24.5 Å². The summed E-state index contributed by atoms with van der Waals surface area (Å²) < 4.78 is 6.79. The summed E-state index contributed by atoms with van der Waals surface area (Å²) in [6.45, 7) is 7.92. The van der Waals surface area contributed by atoms with Crippen molar-refractivity contribution in [3.63, 3.8) is 0 Å². The van der Waals surface area contributed by atoms with E-state index in [0.29, 0.717) is 6.04 Å². The minimum atomic E-state index is 0.0841. The van der Waals surface area contributed by atoms with E-state index < -0.39 is 0 Å². The molecule has 4 rings (SSSR count). The van der Waals surface area contributed by atoms with Gasteiger partial charge >= 0.3 is 0 Å². The summed E-state index contributed by atoms with van der Waals surface area (Å²) in [6, 6.07) is 11.6. The van der Waals surface area contributed by atoms with Crippen molar-refractivity contribution in [3.8, 4) is 0 Å². The second-order valence-corrected chi connectivity index (χ2v) is 9.07. The molecule has 3 fully saturated rings. The maximum atomic E-state index is 6.79. The predicted molar refractivity (Wildman–Crippen MR) is 104 cm³/mol. The van der Waals surface area contributed by atoms with E-state index >= 15 is 0 Å². The van der Waals surface area contributed by atoms with E-state index in [2.05, 4.69) is 54.4 Å². The van der Waals surface area contributed by atoms with Gasteiger partial charge in [0.1, 0.15) is 0 Å². The topological polar surface area (TPSA) is 24.5 Å². The molecule has 1 heterocycles. The minimum Gasteiger partial charge on any atom is -0.366 e.